The van der Waals surface area contributed by atoms with Crippen molar-refractivity contribution in [2.75, 3.05) is 25.0 Å². The van der Waals surface area contributed by atoms with E-state index in [-0.39, 0.29) is 11.6 Å². The molecule has 1 fully saturated rings. The highest BCUT2D eigenvalue weighted by atomic mass is 79.9. The van der Waals surface area contributed by atoms with Gasteiger partial charge in [0.05, 0.1) is 17.3 Å². The monoisotopic (exact) mass is 405 g/mol. The van der Waals surface area contributed by atoms with Gasteiger partial charge in [0, 0.05) is 11.0 Å². The molecule has 1 aliphatic rings. The van der Waals surface area contributed by atoms with Crippen LogP contribution in [0.3, 0.4) is 0 Å². The SMILES string of the molecule is NC(=O)c1c(F)cc(Br)cc1NCC(c1ccccc1)N1CCCC1. The number of rotatable bonds is 6. The zero-order valence-corrected chi connectivity index (χ0v) is 15.4. The number of primary amides is 1. The average Bonchev–Trinajstić information content (AvgIpc) is 3.09. The highest BCUT2D eigenvalue weighted by Crippen LogP contribution is 2.28. The molecule has 0 aliphatic carbocycles. The molecular weight excluding hydrogens is 385 g/mol. The topological polar surface area (TPSA) is 58.4 Å². The van der Waals surface area contributed by atoms with Gasteiger partial charge in [-0.3, -0.25) is 9.69 Å². The first-order valence-corrected chi connectivity index (χ1v) is 9.17. The van der Waals surface area contributed by atoms with Crippen LogP contribution in [0, 0.1) is 5.82 Å². The maximum absolute atomic E-state index is 14.1. The van der Waals surface area contributed by atoms with Crippen LogP contribution in [-0.2, 0) is 0 Å². The fraction of sp³-hybridized carbons (Fsp3) is 0.316. The van der Waals surface area contributed by atoms with Gasteiger partial charge in [0.15, 0.2) is 0 Å². The minimum Gasteiger partial charge on any atom is -0.382 e. The van der Waals surface area contributed by atoms with Gasteiger partial charge in [-0.15, -0.1) is 0 Å². The quantitative estimate of drug-likeness (QED) is 0.764. The second-order valence-electron chi connectivity index (χ2n) is 6.22. The van der Waals surface area contributed by atoms with Crippen molar-refractivity contribution in [2.24, 2.45) is 5.73 Å². The van der Waals surface area contributed by atoms with Crippen LogP contribution < -0.4 is 11.1 Å². The van der Waals surface area contributed by atoms with Gasteiger partial charge in [-0.25, -0.2) is 4.39 Å². The average molecular weight is 406 g/mol. The molecule has 132 valence electrons. The Balaban J connectivity index is 1.85. The van der Waals surface area contributed by atoms with Crippen LogP contribution in [0.15, 0.2) is 46.9 Å². The highest BCUT2D eigenvalue weighted by molar-refractivity contribution is 9.10. The van der Waals surface area contributed by atoms with Crippen molar-refractivity contribution in [3.8, 4) is 0 Å². The molecule has 6 heteroatoms. The predicted octanol–water partition coefficient (Wildman–Crippen LogP) is 3.94. The van der Waals surface area contributed by atoms with E-state index >= 15 is 0 Å². The molecule has 3 rings (SSSR count). The van der Waals surface area contributed by atoms with Gasteiger partial charge >= 0.3 is 0 Å². The largest absolute Gasteiger partial charge is 0.382 e. The minimum absolute atomic E-state index is 0.101. The fourth-order valence-electron chi connectivity index (χ4n) is 3.36. The molecule has 0 saturated carbocycles. The van der Waals surface area contributed by atoms with E-state index in [0.29, 0.717) is 16.7 Å². The summed E-state index contributed by atoms with van der Waals surface area (Å²) in [5.41, 5.74) is 6.88. The van der Waals surface area contributed by atoms with Crippen molar-refractivity contribution < 1.29 is 9.18 Å². The first-order chi connectivity index (χ1) is 12.1. The number of benzene rings is 2. The Kier molecular flexibility index (Phi) is 5.71. The summed E-state index contributed by atoms with van der Waals surface area (Å²) in [6.07, 6.45) is 2.36. The molecule has 2 aromatic rings. The standard InChI is InChI=1S/C19H21BrFN3O/c20-14-10-15(21)18(19(22)25)16(11-14)23-12-17(24-8-4-5-9-24)13-6-2-1-3-7-13/h1-3,6-7,10-11,17,23H,4-5,8-9,12H2,(H2,22,25). The summed E-state index contributed by atoms with van der Waals surface area (Å²) in [7, 11) is 0. The summed E-state index contributed by atoms with van der Waals surface area (Å²) in [4.78, 5) is 14.1. The lowest BCUT2D eigenvalue weighted by atomic mass is 10.0. The lowest BCUT2D eigenvalue weighted by molar-refractivity contribution is 0.0997. The summed E-state index contributed by atoms with van der Waals surface area (Å²) in [5, 5.41) is 3.24. The van der Waals surface area contributed by atoms with Gasteiger partial charge in [0.25, 0.3) is 5.91 Å². The number of nitrogens with one attached hydrogen (secondary N) is 1. The van der Waals surface area contributed by atoms with Crippen LogP contribution in [0.4, 0.5) is 10.1 Å². The molecule has 0 bridgehead atoms. The van der Waals surface area contributed by atoms with E-state index in [9.17, 15) is 9.18 Å². The van der Waals surface area contributed by atoms with Gasteiger partial charge in [-0.05, 0) is 43.6 Å². The maximum atomic E-state index is 14.1. The summed E-state index contributed by atoms with van der Waals surface area (Å²) in [6, 6.07) is 13.3. The van der Waals surface area contributed by atoms with Crippen molar-refractivity contribution in [3.63, 3.8) is 0 Å². The highest BCUT2D eigenvalue weighted by Gasteiger charge is 2.24. The normalized spacial score (nSPS) is 15.9. The van der Waals surface area contributed by atoms with Gasteiger partial charge in [-0.2, -0.15) is 0 Å². The first kappa shape index (κ1) is 17.9. The second-order valence-corrected chi connectivity index (χ2v) is 7.14. The first-order valence-electron chi connectivity index (χ1n) is 8.38. The third-order valence-corrected chi connectivity index (χ3v) is 5.01. The summed E-state index contributed by atoms with van der Waals surface area (Å²) >= 11 is 3.27. The lowest BCUT2D eigenvalue weighted by Crippen LogP contribution is -2.31. The molecule has 1 unspecified atom stereocenters. The van der Waals surface area contributed by atoms with Crippen LogP contribution in [-0.4, -0.2) is 30.4 Å². The van der Waals surface area contributed by atoms with Crippen LogP contribution in [0.2, 0.25) is 0 Å². The molecule has 0 radical (unpaired) electrons. The molecule has 0 spiro atoms. The third kappa shape index (κ3) is 4.19. The number of amides is 1. The van der Waals surface area contributed by atoms with Gasteiger partial charge < -0.3 is 11.1 Å². The number of anilines is 1. The summed E-state index contributed by atoms with van der Waals surface area (Å²) in [5.74, 6) is -1.40. The predicted molar refractivity (Wildman–Crippen MR) is 101 cm³/mol. The Labute approximate surface area is 155 Å². The smallest absolute Gasteiger partial charge is 0.253 e. The molecule has 25 heavy (non-hydrogen) atoms. The number of carbonyl (C=O) groups is 1. The van der Waals surface area contributed by atoms with Crippen LogP contribution in [0.25, 0.3) is 0 Å². The molecule has 3 N–H and O–H groups in total. The van der Waals surface area contributed by atoms with E-state index in [0.717, 1.165) is 13.1 Å². The number of nitrogens with two attached hydrogens (primary N) is 1. The molecule has 0 aromatic heterocycles. The van der Waals surface area contributed by atoms with E-state index in [1.165, 1.54) is 24.5 Å². The van der Waals surface area contributed by atoms with Crippen molar-refractivity contribution >= 4 is 27.5 Å². The van der Waals surface area contributed by atoms with E-state index in [1.54, 1.807) is 6.07 Å². The fourth-order valence-corrected chi connectivity index (χ4v) is 3.79. The number of halogens is 2. The van der Waals surface area contributed by atoms with Crippen LogP contribution in [0.5, 0.6) is 0 Å². The van der Waals surface area contributed by atoms with Crippen molar-refractivity contribution in [2.45, 2.75) is 18.9 Å². The zero-order chi connectivity index (χ0) is 17.8. The molecule has 1 heterocycles. The summed E-state index contributed by atoms with van der Waals surface area (Å²) < 4.78 is 14.7. The Hall–Kier alpha value is -1.92. The van der Waals surface area contributed by atoms with Crippen molar-refractivity contribution in [1.82, 2.24) is 4.90 Å². The zero-order valence-electron chi connectivity index (χ0n) is 13.8. The number of hydrogen-bond donors (Lipinski definition) is 2. The van der Waals surface area contributed by atoms with Crippen molar-refractivity contribution in [1.29, 1.82) is 0 Å². The number of likely N-dealkylation sites (tertiary alicyclic amines) is 1. The molecule has 1 atom stereocenters. The van der Waals surface area contributed by atoms with E-state index in [4.69, 9.17) is 5.73 Å². The number of nitrogens with zero attached hydrogens (tertiary/aromatic N) is 1. The lowest BCUT2D eigenvalue weighted by Gasteiger charge is -2.29. The van der Waals surface area contributed by atoms with Crippen LogP contribution >= 0.6 is 15.9 Å². The second kappa shape index (κ2) is 7.97. The molecule has 1 aliphatic heterocycles. The number of hydrogen-bond acceptors (Lipinski definition) is 3. The van der Waals surface area contributed by atoms with E-state index in [2.05, 4.69) is 38.3 Å². The van der Waals surface area contributed by atoms with E-state index < -0.39 is 11.7 Å². The van der Waals surface area contributed by atoms with Gasteiger partial charge in [-0.1, -0.05) is 46.3 Å². The van der Waals surface area contributed by atoms with Crippen LogP contribution in [0.1, 0.15) is 34.8 Å². The molecular formula is C19H21BrFN3O. The van der Waals surface area contributed by atoms with Crippen molar-refractivity contribution in [3.05, 3.63) is 63.9 Å². The molecule has 4 nitrogen and oxygen atoms in total. The maximum Gasteiger partial charge on any atom is 0.253 e. The third-order valence-electron chi connectivity index (χ3n) is 4.55. The minimum atomic E-state index is -0.773. The van der Waals surface area contributed by atoms with Gasteiger partial charge in [0.1, 0.15) is 5.82 Å². The Morgan fingerprint density at radius 1 is 1.24 bits per heavy atom. The van der Waals surface area contributed by atoms with E-state index in [1.807, 2.05) is 18.2 Å². The Morgan fingerprint density at radius 3 is 2.56 bits per heavy atom. The summed E-state index contributed by atoms with van der Waals surface area (Å²) in [6.45, 7) is 2.65. The molecule has 2 aromatic carbocycles. The molecule has 1 saturated heterocycles. The molecule has 1 amide bonds. The van der Waals surface area contributed by atoms with Gasteiger partial charge in [0.2, 0.25) is 0 Å². The Morgan fingerprint density at radius 2 is 1.92 bits per heavy atom. The Bertz CT molecular complexity index is 748. The number of carbonyl (C=O) groups excluding carboxylic acids is 1.